The minimum atomic E-state index is 0.944. The number of aromatic nitrogens is 2. The van der Waals surface area contributed by atoms with E-state index in [1.807, 2.05) is 18.2 Å². The number of para-hydroxylation sites is 2. The van der Waals surface area contributed by atoms with E-state index >= 15 is 0 Å². The van der Waals surface area contributed by atoms with Crippen molar-refractivity contribution >= 4 is 5.69 Å². The minimum Gasteiger partial charge on any atom is -0.495 e. The van der Waals surface area contributed by atoms with E-state index in [1.54, 1.807) is 13.3 Å². The van der Waals surface area contributed by atoms with Gasteiger partial charge in [-0.15, -0.1) is 0 Å². The Balaban J connectivity index is 1.60. The maximum absolute atomic E-state index is 5.44. The average Bonchev–Trinajstić information content (AvgIpc) is 3.01. The van der Waals surface area contributed by atoms with Crippen LogP contribution in [0.25, 0.3) is 0 Å². The van der Waals surface area contributed by atoms with Crippen LogP contribution >= 0.6 is 0 Å². The molecule has 1 saturated heterocycles. The summed E-state index contributed by atoms with van der Waals surface area (Å²) in [5.41, 5.74) is 2.37. The van der Waals surface area contributed by atoms with Gasteiger partial charge in [-0.05, 0) is 18.2 Å². The van der Waals surface area contributed by atoms with Gasteiger partial charge >= 0.3 is 0 Å². The highest BCUT2D eigenvalue weighted by Crippen LogP contribution is 2.28. The second-order valence-corrected chi connectivity index (χ2v) is 5.02. The predicted molar refractivity (Wildman–Crippen MR) is 79.1 cm³/mol. The van der Waals surface area contributed by atoms with Crippen molar-refractivity contribution in [3.05, 3.63) is 42.2 Å². The van der Waals surface area contributed by atoms with Crippen molar-refractivity contribution in [2.75, 3.05) is 38.2 Å². The van der Waals surface area contributed by atoms with E-state index in [2.05, 4.69) is 32.1 Å². The van der Waals surface area contributed by atoms with E-state index < -0.39 is 0 Å². The number of ether oxygens (including phenoxy) is 1. The van der Waals surface area contributed by atoms with Crippen LogP contribution in [0.5, 0.6) is 5.75 Å². The number of benzene rings is 1. The van der Waals surface area contributed by atoms with Crippen molar-refractivity contribution in [3.8, 4) is 5.75 Å². The first-order chi connectivity index (χ1) is 9.86. The molecule has 1 aromatic heterocycles. The van der Waals surface area contributed by atoms with Crippen LogP contribution in [-0.2, 0) is 6.54 Å². The molecule has 1 aliphatic heterocycles. The molecule has 106 valence electrons. The van der Waals surface area contributed by atoms with Crippen molar-refractivity contribution in [2.24, 2.45) is 0 Å². The summed E-state index contributed by atoms with van der Waals surface area (Å²) in [4.78, 5) is 4.84. The topological polar surface area (TPSA) is 44.4 Å². The lowest BCUT2D eigenvalue weighted by Crippen LogP contribution is -2.46. The summed E-state index contributed by atoms with van der Waals surface area (Å²) in [6.45, 7) is 5.09. The second kappa shape index (κ2) is 5.96. The maximum atomic E-state index is 5.44. The third-order valence-electron chi connectivity index (χ3n) is 3.75. The normalized spacial score (nSPS) is 16.4. The minimum absolute atomic E-state index is 0.944. The lowest BCUT2D eigenvalue weighted by Gasteiger charge is -2.36. The van der Waals surface area contributed by atoms with Gasteiger partial charge in [-0.2, -0.15) is 5.10 Å². The predicted octanol–water partition coefficient (Wildman–Crippen LogP) is 1.74. The Morgan fingerprint density at radius 1 is 1.15 bits per heavy atom. The van der Waals surface area contributed by atoms with Gasteiger partial charge in [0.1, 0.15) is 5.75 Å². The largest absolute Gasteiger partial charge is 0.495 e. The number of rotatable bonds is 4. The van der Waals surface area contributed by atoms with Gasteiger partial charge in [0.05, 0.1) is 12.8 Å². The standard InChI is InChI=1S/C15H20N4O/c1-20-15-5-3-2-4-14(15)19-10-8-18(9-11-19)12-13-6-7-16-17-13/h2-7H,8-12H2,1H3,(H,16,17). The van der Waals surface area contributed by atoms with Crippen molar-refractivity contribution in [1.82, 2.24) is 15.1 Å². The highest BCUT2D eigenvalue weighted by Gasteiger charge is 2.19. The van der Waals surface area contributed by atoms with Gasteiger partial charge in [-0.1, -0.05) is 12.1 Å². The fraction of sp³-hybridized carbons (Fsp3) is 0.400. The molecule has 0 bridgehead atoms. The van der Waals surface area contributed by atoms with Crippen LogP contribution in [0, 0.1) is 0 Å². The molecule has 1 N–H and O–H groups in total. The average molecular weight is 272 g/mol. The first-order valence-corrected chi connectivity index (χ1v) is 6.95. The zero-order valence-electron chi connectivity index (χ0n) is 11.7. The van der Waals surface area contributed by atoms with Gasteiger partial charge in [0.15, 0.2) is 0 Å². The van der Waals surface area contributed by atoms with Gasteiger partial charge in [-0.3, -0.25) is 10.00 Å². The molecule has 1 fully saturated rings. The fourth-order valence-electron chi connectivity index (χ4n) is 2.65. The van der Waals surface area contributed by atoms with Crippen LogP contribution in [-0.4, -0.2) is 48.4 Å². The Morgan fingerprint density at radius 3 is 2.65 bits per heavy atom. The number of methoxy groups -OCH3 is 1. The monoisotopic (exact) mass is 272 g/mol. The molecule has 2 aromatic rings. The molecular weight excluding hydrogens is 252 g/mol. The first kappa shape index (κ1) is 13.0. The highest BCUT2D eigenvalue weighted by atomic mass is 16.5. The Morgan fingerprint density at radius 2 is 1.95 bits per heavy atom. The van der Waals surface area contributed by atoms with Crippen LogP contribution in [0.3, 0.4) is 0 Å². The molecule has 1 aliphatic rings. The summed E-state index contributed by atoms with van der Waals surface area (Å²) in [5, 5.41) is 7.01. The molecule has 1 aromatic carbocycles. The molecule has 0 radical (unpaired) electrons. The highest BCUT2D eigenvalue weighted by molar-refractivity contribution is 5.58. The number of hydrogen-bond donors (Lipinski definition) is 1. The van der Waals surface area contributed by atoms with E-state index in [-0.39, 0.29) is 0 Å². The lowest BCUT2D eigenvalue weighted by molar-refractivity contribution is 0.246. The summed E-state index contributed by atoms with van der Waals surface area (Å²) in [6.07, 6.45) is 1.81. The maximum Gasteiger partial charge on any atom is 0.142 e. The molecule has 0 atom stereocenters. The smallest absolute Gasteiger partial charge is 0.142 e. The van der Waals surface area contributed by atoms with Crippen LogP contribution in [0.1, 0.15) is 5.69 Å². The van der Waals surface area contributed by atoms with Gasteiger partial charge in [0, 0.05) is 44.6 Å². The number of anilines is 1. The fourth-order valence-corrected chi connectivity index (χ4v) is 2.65. The number of piperazine rings is 1. The summed E-state index contributed by atoms with van der Waals surface area (Å²) in [5.74, 6) is 0.953. The number of hydrogen-bond acceptors (Lipinski definition) is 4. The molecule has 5 heteroatoms. The molecule has 0 amide bonds. The van der Waals surface area contributed by atoms with Crippen LogP contribution < -0.4 is 9.64 Å². The van der Waals surface area contributed by atoms with Crippen LogP contribution in [0.15, 0.2) is 36.5 Å². The van der Waals surface area contributed by atoms with E-state index in [0.717, 1.165) is 38.5 Å². The molecule has 3 rings (SSSR count). The molecular formula is C15H20N4O. The molecule has 0 saturated carbocycles. The Labute approximate surface area is 119 Å². The quantitative estimate of drug-likeness (QED) is 0.921. The molecule has 0 unspecified atom stereocenters. The van der Waals surface area contributed by atoms with Crippen molar-refractivity contribution < 1.29 is 4.74 Å². The molecule has 0 spiro atoms. The summed E-state index contributed by atoms with van der Waals surface area (Å²) in [7, 11) is 1.73. The third-order valence-corrected chi connectivity index (χ3v) is 3.75. The Bertz CT molecular complexity index is 533. The number of H-pyrrole nitrogens is 1. The number of aromatic amines is 1. The summed E-state index contributed by atoms with van der Waals surface area (Å²) < 4.78 is 5.44. The molecule has 20 heavy (non-hydrogen) atoms. The lowest BCUT2D eigenvalue weighted by atomic mass is 10.2. The zero-order valence-corrected chi connectivity index (χ0v) is 11.7. The van der Waals surface area contributed by atoms with Crippen molar-refractivity contribution in [2.45, 2.75) is 6.54 Å². The van der Waals surface area contributed by atoms with Gasteiger partial charge in [0.25, 0.3) is 0 Å². The van der Waals surface area contributed by atoms with E-state index in [9.17, 15) is 0 Å². The zero-order chi connectivity index (χ0) is 13.8. The first-order valence-electron chi connectivity index (χ1n) is 6.95. The van der Waals surface area contributed by atoms with E-state index in [1.165, 1.54) is 11.4 Å². The Hall–Kier alpha value is -2.01. The summed E-state index contributed by atoms with van der Waals surface area (Å²) >= 11 is 0. The van der Waals surface area contributed by atoms with Crippen molar-refractivity contribution in [3.63, 3.8) is 0 Å². The third kappa shape index (κ3) is 2.77. The molecule has 5 nitrogen and oxygen atoms in total. The Kier molecular flexibility index (Phi) is 3.87. The van der Waals surface area contributed by atoms with Crippen LogP contribution in [0.4, 0.5) is 5.69 Å². The van der Waals surface area contributed by atoms with E-state index in [0.29, 0.717) is 0 Å². The van der Waals surface area contributed by atoms with Crippen LogP contribution in [0.2, 0.25) is 0 Å². The van der Waals surface area contributed by atoms with Crippen molar-refractivity contribution in [1.29, 1.82) is 0 Å². The molecule has 2 heterocycles. The van der Waals surface area contributed by atoms with Gasteiger partial charge in [-0.25, -0.2) is 0 Å². The second-order valence-electron chi connectivity index (χ2n) is 5.02. The number of nitrogens with zero attached hydrogens (tertiary/aromatic N) is 3. The van der Waals surface area contributed by atoms with E-state index in [4.69, 9.17) is 4.74 Å². The van der Waals surface area contributed by atoms with Gasteiger partial charge < -0.3 is 9.64 Å². The SMILES string of the molecule is COc1ccccc1N1CCN(Cc2ccn[nH]2)CC1. The number of nitrogens with one attached hydrogen (secondary N) is 1. The van der Waals surface area contributed by atoms with Gasteiger partial charge in [0.2, 0.25) is 0 Å². The molecule has 0 aliphatic carbocycles. The summed E-state index contributed by atoms with van der Waals surface area (Å²) in [6, 6.07) is 10.3.